The molecule has 0 unspecified atom stereocenters. The molecule has 1 aromatic rings. The van der Waals surface area contributed by atoms with Gasteiger partial charge in [-0.25, -0.2) is 9.59 Å². The Kier molecular flexibility index (Phi) is 3.40. The van der Waals surface area contributed by atoms with Gasteiger partial charge in [-0.05, 0) is 0 Å². The molecule has 0 aromatic carbocycles. The van der Waals surface area contributed by atoms with Crippen molar-refractivity contribution in [3.8, 4) is 0 Å². The normalized spacial score (nSPS) is 10.0. The summed E-state index contributed by atoms with van der Waals surface area (Å²) < 4.78 is 5.58. The molecule has 1 heterocycles. The fourth-order valence-corrected chi connectivity index (χ4v) is 1.09. The van der Waals surface area contributed by atoms with Gasteiger partial charge in [-0.2, -0.15) is 5.10 Å². The van der Waals surface area contributed by atoms with Crippen LogP contribution < -0.4 is 5.73 Å². The van der Waals surface area contributed by atoms with E-state index in [9.17, 15) is 9.59 Å². The average Bonchev–Trinajstić information content (AvgIpc) is 2.61. The van der Waals surface area contributed by atoms with Gasteiger partial charge in [-0.1, -0.05) is 0 Å². The lowest BCUT2D eigenvalue weighted by atomic mass is 10.3. The molecular formula is C8H11N3O4. The number of rotatable bonds is 4. The molecule has 1 aromatic heterocycles. The summed E-state index contributed by atoms with van der Waals surface area (Å²) in [5.74, 6) is -1.83. The van der Waals surface area contributed by atoms with E-state index in [0.717, 1.165) is 10.7 Å². The van der Waals surface area contributed by atoms with Crippen molar-refractivity contribution in [3.63, 3.8) is 0 Å². The highest BCUT2D eigenvalue weighted by Gasteiger charge is 2.18. The molecule has 0 radical (unpaired) electrons. The smallest absolute Gasteiger partial charge is 0.358 e. The Hall–Kier alpha value is -1.89. The summed E-state index contributed by atoms with van der Waals surface area (Å²) in [6, 6.07) is 1.16. The van der Waals surface area contributed by atoms with Crippen molar-refractivity contribution in [2.75, 3.05) is 13.7 Å². The maximum absolute atomic E-state index is 11.1. The Bertz CT molecular complexity index is 385. The molecule has 15 heavy (non-hydrogen) atoms. The van der Waals surface area contributed by atoms with E-state index >= 15 is 0 Å². The molecule has 0 aliphatic carbocycles. The van der Waals surface area contributed by atoms with E-state index in [4.69, 9.17) is 10.8 Å². The summed E-state index contributed by atoms with van der Waals surface area (Å²) in [7, 11) is 1.20. The Morgan fingerprint density at radius 2 is 2.33 bits per heavy atom. The number of nitrogens with zero attached hydrogens (tertiary/aromatic N) is 2. The Balaban J connectivity index is 3.08. The number of carboxylic acids is 1. The number of esters is 1. The summed E-state index contributed by atoms with van der Waals surface area (Å²) >= 11 is 0. The first-order valence-corrected chi connectivity index (χ1v) is 4.19. The number of methoxy groups -OCH3 is 1. The number of carbonyl (C=O) groups excluding carboxylic acids is 1. The third-order valence-electron chi connectivity index (χ3n) is 1.73. The fraction of sp³-hybridized carbons (Fsp3) is 0.375. The lowest BCUT2D eigenvalue weighted by Gasteiger charge is -2.00. The standard InChI is InChI=1S/C8H11N3O4/c1-15-8(14)5-4-6(7(12)13)11(10-5)3-2-9/h4H,2-3,9H2,1H3,(H,12,13). The van der Waals surface area contributed by atoms with E-state index in [1.165, 1.54) is 7.11 Å². The number of aromatic nitrogens is 2. The third-order valence-corrected chi connectivity index (χ3v) is 1.73. The van der Waals surface area contributed by atoms with Crippen molar-refractivity contribution < 1.29 is 19.4 Å². The molecule has 82 valence electrons. The second-order valence-corrected chi connectivity index (χ2v) is 2.72. The van der Waals surface area contributed by atoms with E-state index < -0.39 is 11.9 Å². The van der Waals surface area contributed by atoms with Gasteiger partial charge in [-0.3, -0.25) is 4.68 Å². The first kappa shape index (κ1) is 11.2. The largest absolute Gasteiger partial charge is 0.477 e. The van der Waals surface area contributed by atoms with Crippen molar-refractivity contribution in [1.82, 2.24) is 9.78 Å². The molecule has 0 saturated carbocycles. The molecule has 7 nitrogen and oxygen atoms in total. The molecule has 0 fully saturated rings. The van der Waals surface area contributed by atoms with Gasteiger partial charge in [0.1, 0.15) is 5.69 Å². The lowest BCUT2D eigenvalue weighted by molar-refractivity contribution is 0.0592. The summed E-state index contributed by atoms with van der Waals surface area (Å²) in [6.07, 6.45) is 0. The summed E-state index contributed by atoms with van der Waals surface area (Å²) in [5.41, 5.74) is 5.16. The van der Waals surface area contributed by atoms with E-state index in [0.29, 0.717) is 0 Å². The summed E-state index contributed by atoms with van der Waals surface area (Å²) in [6.45, 7) is 0.473. The minimum absolute atomic E-state index is 0.0386. The minimum Gasteiger partial charge on any atom is -0.477 e. The molecule has 0 aliphatic heterocycles. The van der Waals surface area contributed by atoms with Crippen LogP contribution >= 0.6 is 0 Å². The zero-order valence-corrected chi connectivity index (χ0v) is 8.14. The van der Waals surface area contributed by atoms with Crippen LogP contribution in [0.3, 0.4) is 0 Å². The van der Waals surface area contributed by atoms with Crippen molar-refractivity contribution in [2.24, 2.45) is 5.73 Å². The quantitative estimate of drug-likeness (QED) is 0.642. The van der Waals surface area contributed by atoms with Gasteiger partial charge in [0.15, 0.2) is 5.69 Å². The molecule has 0 saturated heterocycles. The third kappa shape index (κ3) is 2.32. The molecule has 0 bridgehead atoms. The number of nitrogens with two attached hydrogens (primary N) is 1. The first-order valence-electron chi connectivity index (χ1n) is 4.19. The van der Waals surface area contributed by atoms with Crippen LogP contribution in [0.4, 0.5) is 0 Å². The maximum atomic E-state index is 11.1. The zero-order chi connectivity index (χ0) is 11.4. The number of carboxylic acid groups (broad SMARTS) is 1. The zero-order valence-electron chi connectivity index (χ0n) is 8.14. The highest BCUT2D eigenvalue weighted by atomic mass is 16.5. The molecule has 1 rings (SSSR count). The number of aromatic carboxylic acids is 1. The number of hydrogen-bond acceptors (Lipinski definition) is 5. The monoisotopic (exact) mass is 213 g/mol. The summed E-state index contributed by atoms with van der Waals surface area (Å²) in [5, 5.41) is 12.6. The Morgan fingerprint density at radius 1 is 1.67 bits per heavy atom. The highest BCUT2D eigenvalue weighted by molar-refractivity contribution is 5.92. The molecule has 3 N–H and O–H groups in total. The van der Waals surface area contributed by atoms with E-state index in [1.807, 2.05) is 0 Å². The fourth-order valence-electron chi connectivity index (χ4n) is 1.09. The molecule has 0 spiro atoms. The first-order chi connectivity index (χ1) is 7.10. The van der Waals surface area contributed by atoms with Gasteiger partial charge >= 0.3 is 11.9 Å². The van der Waals surface area contributed by atoms with Gasteiger partial charge in [0.05, 0.1) is 13.7 Å². The van der Waals surface area contributed by atoms with Gasteiger partial charge in [0, 0.05) is 12.6 Å². The maximum Gasteiger partial charge on any atom is 0.358 e. The van der Waals surface area contributed by atoms with Crippen LogP contribution in [0.2, 0.25) is 0 Å². The van der Waals surface area contributed by atoms with Crippen LogP contribution in [-0.2, 0) is 11.3 Å². The molecule has 0 aliphatic rings. The van der Waals surface area contributed by atoms with Crippen LogP contribution in [0.1, 0.15) is 21.0 Å². The summed E-state index contributed by atoms with van der Waals surface area (Å²) in [4.78, 5) is 21.9. The highest BCUT2D eigenvalue weighted by Crippen LogP contribution is 2.05. The van der Waals surface area contributed by atoms with Gasteiger partial charge in [0.25, 0.3) is 0 Å². The predicted octanol–water partition coefficient (Wildman–Crippen LogP) is -0.673. The average molecular weight is 213 g/mol. The lowest BCUT2D eigenvalue weighted by Crippen LogP contribution is -2.16. The minimum atomic E-state index is -1.16. The molecule has 0 atom stereocenters. The van der Waals surface area contributed by atoms with Gasteiger partial charge in [0.2, 0.25) is 0 Å². The van der Waals surface area contributed by atoms with Crippen LogP contribution in [0.25, 0.3) is 0 Å². The molecule has 7 heteroatoms. The number of carbonyl (C=O) groups is 2. The number of ether oxygens (including phenoxy) is 1. The van der Waals surface area contributed by atoms with Crippen LogP contribution in [0, 0.1) is 0 Å². The van der Waals surface area contributed by atoms with E-state index in [2.05, 4.69) is 9.84 Å². The topological polar surface area (TPSA) is 107 Å². The van der Waals surface area contributed by atoms with Crippen molar-refractivity contribution in [1.29, 1.82) is 0 Å². The van der Waals surface area contributed by atoms with Crippen LogP contribution in [0.15, 0.2) is 6.07 Å². The van der Waals surface area contributed by atoms with Gasteiger partial charge in [-0.15, -0.1) is 0 Å². The van der Waals surface area contributed by atoms with Gasteiger partial charge < -0.3 is 15.6 Å². The van der Waals surface area contributed by atoms with E-state index in [-0.39, 0.29) is 24.5 Å². The predicted molar refractivity (Wildman–Crippen MR) is 49.6 cm³/mol. The van der Waals surface area contributed by atoms with Crippen molar-refractivity contribution in [3.05, 3.63) is 17.5 Å². The van der Waals surface area contributed by atoms with Crippen molar-refractivity contribution in [2.45, 2.75) is 6.54 Å². The van der Waals surface area contributed by atoms with Crippen LogP contribution in [-0.4, -0.2) is 40.5 Å². The molecular weight excluding hydrogens is 202 g/mol. The van der Waals surface area contributed by atoms with E-state index in [1.54, 1.807) is 0 Å². The second kappa shape index (κ2) is 4.56. The Morgan fingerprint density at radius 3 is 2.80 bits per heavy atom. The van der Waals surface area contributed by atoms with Crippen molar-refractivity contribution >= 4 is 11.9 Å². The molecule has 0 amide bonds. The Labute approximate surface area is 85.4 Å². The van der Waals surface area contributed by atoms with Crippen LogP contribution in [0.5, 0.6) is 0 Å². The second-order valence-electron chi connectivity index (χ2n) is 2.72. The SMILES string of the molecule is COC(=O)c1cc(C(=O)O)n(CCN)n1. The number of hydrogen-bond donors (Lipinski definition) is 2.